The van der Waals surface area contributed by atoms with E-state index in [2.05, 4.69) is 20.8 Å². The maximum atomic E-state index is 14.0. The van der Waals surface area contributed by atoms with Crippen LogP contribution in [0.1, 0.15) is 0 Å². The Labute approximate surface area is 177 Å². The normalized spacial score (nSPS) is 17.9. The third-order valence-electron chi connectivity index (χ3n) is 5.98. The van der Waals surface area contributed by atoms with Crippen molar-refractivity contribution in [3.8, 4) is 5.75 Å². The Morgan fingerprint density at radius 3 is 2.07 bits per heavy atom. The van der Waals surface area contributed by atoms with Gasteiger partial charge in [-0.25, -0.2) is 4.39 Å². The molecule has 2 aromatic rings. The Balaban J connectivity index is 1.25. The lowest BCUT2D eigenvalue weighted by Crippen LogP contribution is -2.54. The minimum absolute atomic E-state index is 0.175. The van der Waals surface area contributed by atoms with Crippen LogP contribution in [0.2, 0.25) is 0 Å². The van der Waals surface area contributed by atoms with Gasteiger partial charge in [-0.15, -0.1) is 0 Å². The van der Waals surface area contributed by atoms with Crippen molar-refractivity contribution in [3.05, 3.63) is 54.3 Å². The standard InChI is InChI=1S/C23H29FN4O2/c1-30-22-9-5-4-8-21(22)27-14-16-28(17-15-27)23(29)18-25-10-12-26(13-11-25)20-7-3-2-6-19(20)24/h2-9H,10-18H2,1H3. The van der Waals surface area contributed by atoms with Crippen molar-refractivity contribution in [3.63, 3.8) is 0 Å². The molecule has 0 bridgehead atoms. The number of ether oxygens (including phenoxy) is 1. The minimum atomic E-state index is -0.185. The molecule has 160 valence electrons. The second kappa shape index (κ2) is 9.34. The van der Waals surface area contributed by atoms with Crippen LogP contribution in [0.5, 0.6) is 5.75 Å². The summed E-state index contributed by atoms with van der Waals surface area (Å²) in [5.74, 6) is 0.856. The Bertz CT molecular complexity index is 862. The molecule has 4 rings (SSSR count). The average molecular weight is 413 g/mol. The fourth-order valence-corrected chi connectivity index (χ4v) is 4.23. The Hall–Kier alpha value is -2.80. The Morgan fingerprint density at radius 2 is 1.40 bits per heavy atom. The van der Waals surface area contributed by atoms with Crippen LogP contribution < -0.4 is 14.5 Å². The largest absolute Gasteiger partial charge is 0.495 e. The number of piperazine rings is 2. The molecule has 2 saturated heterocycles. The highest BCUT2D eigenvalue weighted by Gasteiger charge is 2.26. The third kappa shape index (κ3) is 4.51. The molecule has 0 saturated carbocycles. The molecule has 2 heterocycles. The van der Waals surface area contributed by atoms with Crippen molar-refractivity contribution in [1.82, 2.24) is 9.80 Å². The van der Waals surface area contributed by atoms with Gasteiger partial charge in [-0.1, -0.05) is 24.3 Å². The van der Waals surface area contributed by atoms with E-state index in [9.17, 15) is 9.18 Å². The molecular formula is C23H29FN4O2. The first-order chi connectivity index (χ1) is 14.7. The molecule has 0 radical (unpaired) electrons. The lowest BCUT2D eigenvalue weighted by molar-refractivity contribution is -0.132. The smallest absolute Gasteiger partial charge is 0.236 e. The summed E-state index contributed by atoms with van der Waals surface area (Å²) in [6.07, 6.45) is 0. The van der Waals surface area contributed by atoms with Crippen LogP contribution in [0.25, 0.3) is 0 Å². The number of hydrogen-bond donors (Lipinski definition) is 0. The van der Waals surface area contributed by atoms with E-state index in [1.807, 2.05) is 35.2 Å². The first-order valence-electron chi connectivity index (χ1n) is 10.5. The van der Waals surface area contributed by atoms with Gasteiger partial charge < -0.3 is 19.4 Å². The minimum Gasteiger partial charge on any atom is -0.495 e. The third-order valence-corrected chi connectivity index (χ3v) is 5.98. The number of anilines is 2. The first-order valence-corrected chi connectivity index (χ1v) is 10.5. The number of amides is 1. The molecule has 6 nitrogen and oxygen atoms in total. The van der Waals surface area contributed by atoms with Gasteiger partial charge in [0, 0.05) is 52.4 Å². The number of para-hydroxylation sites is 3. The summed E-state index contributed by atoms with van der Waals surface area (Å²) in [5.41, 5.74) is 1.73. The Kier molecular flexibility index (Phi) is 6.38. The summed E-state index contributed by atoms with van der Waals surface area (Å²) in [4.78, 5) is 21.3. The zero-order chi connectivity index (χ0) is 20.9. The van der Waals surface area contributed by atoms with Crippen LogP contribution in [0, 0.1) is 5.82 Å². The van der Waals surface area contributed by atoms with Gasteiger partial charge in [0.1, 0.15) is 11.6 Å². The van der Waals surface area contributed by atoms with Gasteiger partial charge in [0.05, 0.1) is 25.0 Å². The Morgan fingerprint density at radius 1 is 0.833 bits per heavy atom. The molecule has 2 aliphatic heterocycles. The predicted octanol–water partition coefficient (Wildman–Crippen LogP) is 2.31. The van der Waals surface area contributed by atoms with Gasteiger partial charge in [0.15, 0.2) is 0 Å². The molecule has 0 unspecified atom stereocenters. The molecule has 0 aromatic heterocycles. The van der Waals surface area contributed by atoms with Crippen molar-refractivity contribution < 1.29 is 13.9 Å². The summed E-state index contributed by atoms with van der Waals surface area (Å²) >= 11 is 0. The van der Waals surface area contributed by atoms with Crippen LogP contribution in [0.4, 0.5) is 15.8 Å². The van der Waals surface area contributed by atoms with E-state index in [0.29, 0.717) is 25.3 Å². The van der Waals surface area contributed by atoms with E-state index in [0.717, 1.165) is 50.7 Å². The van der Waals surface area contributed by atoms with Crippen molar-refractivity contribution >= 4 is 17.3 Å². The molecular weight excluding hydrogens is 383 g/mol. The molecule has 7 heteroatoms. The summed E-state index contributed by atoms with van der Waals surface area (Å²) in [5, 5.41) is 0. The first kappa shape index (κ1) is 20.5. The van der Waals surface area contributed by atoms with Crippen molar-refractivity contribution in [2.75, 3.05) is 75.8 Å². The topological polar surface area (TPSA) is 39.3 Å². The zero-order valence-electron chi connectivity index (χ0n) is 17.5. The summed E-state index contributed by atoms with van der Waals surface area (Å²) in [6, 6.07) is 14.9. The van der Waals surface area contributed by atoms with Crippen LogP contribution in [0.3, 0.4) is 0 Å². The SMILES string of the molecule is COc1ccccc1N1CCN(C(=O)CN2CCN(c3ccccc3F)CC2)CC1. The number of carbonyl (C=O) groups is 1. The highest BCUT2D eigenvalue weighted by atomic mass is 19.1. The molecule has 1 amide bonds. The zero-order valence-corrected chi connectivity index (χ0v) is 17.5. The van der Waals surface area contributed by atoms with E-state index in [1.54, 1.807) is 13.2 Å². The van der Waals surface area contributed by atoms with Crippen LogP contribution in [-0.4, -0.2) is 81.7 Å². The predicted molar refractivity (Wildman–Crippen MR) is 117 cm³/mol. The molecule has 0 spiro atoms. The molecule has 0 N–H and O–H groups in total. The summed E-state index contributed by atoms with van der Waals surface area (Å²) < 4.78 is 19.5. The van der Waals surface area contributed by atoms with Gasteiger partial charge in [-0.3, -0.25) is 9.69 Å². The number of rotatable bonds is 5. The van der Waals surface area contributed by atoms with Crippen LogP contribution in [-0.2, 0) is 4.79 Å². The summed E-state index contributed by atoms with van der Waals surface area (Å²) in [7, 11) is 1.69. The van der Waals surface area contributed by atoms with E-state index in [4.69, 9.17) is 4.74 Å². The highest BCUT2D eigenvalue weighted by molar-refractivity contribution is 5.78. The fourth-order valence-electron chi connectivity index (χ4n) is 4.23. The maximum absolute atomic E-state index is 14.0. The average Bonchev–Trinajstić information content (AvgIpc) is 2.80. The van der Waals surface area contributed by atoms with Crippen molar-refractivity contribution in [1.29, 1.82) is 0 Å². The lowest BCUT2D eigenvalue weighted by atomic mass is 10.2. The number of carbonyl (C=O) groups excluding carboxylic acids is 1. The van der Waals surface area contributed by atoms with E-state index in [1.165, 1.54) is 6.07 Å². The van der Waals surface area contributed by atoms with E-state index in [-0.39, 0.29) is 11.7 Å². The van der Waals surface area contributed by atoms with Gasteiger partial charge >= 0.3 is 0 Å². The van der Waals surface area contributed by atoms with Gasteiger partial charge in [0.25, 0.3) is 0 Å². The van der Waals surface area contributed by atoms with Gasteiger partial charge in [-0.2, -0.15) is 0 Å². The molecule has 0 aliphatic carbocycles. The second-order valence-corrected chi connectivity index (χ2v) is 7.75. The lowest BCUT2D eigenvalue weighted by Gasteiger charge is -2.39. The summed E-state index contributed by atoms with van der Waals surface area (Å²) in [6.45, 7) is 6.45. The van der Waals surface area contributed by atoms with Gasteiger partial charge in [0.2, 0.25) is 5.91 Å². The molecule has 2 aromatic carbocycles. The van der Waals surface area contributed by atoms with Crippen LogP contribution >= 0.6 is 0 Å². The highest BCUT2D eigenvalue weighted by Crippen LogP contribution is 2.28. The quantitative estimate of drug-likeness (QED) is 0.754. The number of nitrogens with zero attached hydrogens (tertiary/aromatic N) is 4. The number of halogens is 1. The molecule has 0 atom stereocenters. The van der Waals surface area contributed by atoms with E-state index < -0.39 is 0 Å². The number of methoxy groups -OCH3 is 1. The second-order valence-electron chi connectivity index (χ2n) is 7.75. The maximum Gasteiger partial charge on any atom is 0.236 e. The molecule has 2 aliphatic rings. The van der Waals surface area contributed by atoms with Crippen LogP contribution in [0.15, 0.2) is 48.5 Å². The van der Waals surface area contributed by atoms with Crippen molar-refractivity contribution in [2.45, 2.75) is 0 Å². The fraction of sp³-hybridized carbons (Fsp3) is 0.435. The molecule has 30 heavy (non-hydrogen) atoms. The van der Waals surface area contributed by atoms with Gasteiger partial charge in [-0.05, 0) is 24.3 Å². The van der Waals surface area contributed by atoms with Crippen molar-refractivity contribution in [2.24, 2.45) is 0 Å². The number of hydrogen-bond acceptors (Lipinski definition) is 5. The molecule has 2 fully saturated rings. The monoisotopic (exact) mass is 412 g/mol. The number of benzene rings is 2. The van der Waals surface area contributed by atoms with E-state index >= 15 is 0 Å².